The summed E-state index contributed by atoms with van der Waals surface area (Å²) in [6.45, 7) is 14.9. The van der Waals surface area contributed by atoms with Crippen LogP contribution in [0.4, 0.5) is 5.69 Å². The summed E-state index contributed by atoms with van der Waals surface area (Å²) in [6, 6.07) is 22.0. The van der Waals surface area contributed by atoms with E-state index in [0.717, 1.165) is 61.8 Å². The molecular weight excluding hydrogens is 574 g/mol. The number of aryl methyl sites for hydroxylation is 1. The third-order valence-corrected chi connectivity index (χ3v) is 9.48. The zero-order valence-corrected chi connectivity index (χ0v) is 28.5. The minimum absolute atomic E-state index is 0.176. The first-order chi connectivity index (χ1) is 22.1. The lowest BCUT2D eigenvalue weighted by molar-refractivity contribution is -0.131. The van der Waals surface area contributed by atoms with Gasteiger partial charge in [-0.3, -0.25) is 15.0 Å². The van der Waals surface area contributed by atoms with Gasteiger partial charge < -0.3 is 14.7 Å². The van der Waals surface area contributed by atoms with Crippen LogP contribution in [0.3, 0.4) is 0 Å². The molecule has 3 unspecified atom stereocenters. The van der Waals surface area contributed by atoms with Crippen LogP contribution in [0.15, 0.2) is 60.7 Å². The summed E-state index contributed by atoms with van der Waals surface area (Å²) < 4.78 is 5.30. The number of carbonyl (C=O) groups is 2. The molecule has 4 atom stereocenters. The van der Waals surface area contributed by atoms with Crippen LogP contribution in [0.1, 0.15) is 101 Å². The summed E-state index contributed by atoms with van der Waals surface area (Å²) in [5, 5.41) is 10.8. The number of phenols is 1. The van der Waals surface area contributed by atoms with Crippen molar-refractivity contribution in [1.29, 1.82) is 0 Å². The number of amides is 1. The van der Waals surface area contributed by atoms with E-state index in [9.17, 15) is 14.7 Å². The van der Waals surface area contributed by atoms with Crippen molar-refractivity contribution < 1.29 is 19.4 Å². The van der Waals surface area contributed by atoms with E-state index in [0.29, 0.717) is 25.4 Å². The van der Waals surface area contributed by atoms with Crippen LogP contribution in [0.2, 0.25) is 0 Å². The third-order valence-electron chi connectivity index (χ3n) is 9.48. The van der Waals surface area contributed by atoms with Crippen LogP contribution in [-0.4, -0.2) is 37.2 Å². The third kappa shape index (κ3) is 8.69. The van der Waals surface area contributed by atoms with E-state index in [2.05, 4.69) is 106 Å². The van der Waals surface area contributed by atoms with Gasteiger partial charge in [0.2, 0.25) is 6.41 Å². The Labute approximate surface area is 275 Å². The molecule has 3 aromatic rings. The Kier molecular flexibility index (Phi) is 12.3. The Hall–Kier alpha value is -3.84. The summed E-state index contributed by atoms with van der Waals surface area (Å²) in [6.07, 6.45) is 6.47. The van der Waals surface area contributed by atoms with Gasteiger partial charge in [0.15, 0.2) is 0 Å². The van der Waals surface area contributed by atoms with Crippen molar-refractivity contribution >= 4 is 18.6 Å². The van der Waals surface area contributed by atoms with Gasteiger partial charge in [-0.05, 0) is 109 Å². The largest absolute Gasteiger partial charge is 0.508 e. The number of nitrogens with zero attached hydrogens (tertiary/aromatic N) is 1. The van der Waals surface area contributed by atoms with Gasteiger partial charge in [-0.2, -0.15) is 0 Å². The number of aromatic hydroxyl groups is 1. The summed E-state index contributed by atoms with van der Waals surface area (Å²) in [5.74, 6) is 0.938. The molecule has 0 fully saturated rings. The standard InChI is InChI=1S/C39H53N3O4/c1-7-30-14-9-10-15-34(30)38-36(23-39(5,6)24-46-26-44)35-22-31(16-17-37(35)42(38)8-2)32-19-29(20-33(45)21-32)18-27(3)12-11-13-28(4)41-40-25-43/h9-10,14-17,19-22,25-28,36,38,41,45H,7-8,11-13,18,23-24H2,1-6H3,(H,40,43)/t27?,28-,36?,38?/m1/s1. The Balaban J connectivity index is 1.65. The van der Waals surface area contributed by atoms with E-state index < -0.39 is 0 Å². The van der Waals surface area contributed by atoms with Gasteiger partial charge in [0, 0.05) is 24.2 Å². The van der Waals surface area contributed by atoms with Crippen molar-refractivity contribution in [2.45, 2.75) is 98.1 Å². The lowest BCUT2D eigenvalue weighted by atomic mass is 9.76. The zero-order valence-electron chi connectivity index (χ0n) is 28.5. The van der Waals surface area contributed by atoms with Crippen molar-refractivity contribution in [2.75, 3.05) is 18.1 Å². The number of benzene rings is 3. The number of carbonyl (C=O) groups excluding carboxylic acids is 2. The molecule has 0 saturated carbocycles. The predicted octanol–water partition coefficient (Wildman–Crippen LogP) is 7.86. The van der Waals surface area contributed by atoms with Gasteiger partial charge in [0.25, 0.3) is 6.47 Å². The number of anilines is 1. The molecule has 248 valence electrons. The van der Waals surface area contributed by atoms with Crippen molar-refractivity contribution in [3.05, 3.63) is 82.9 Å². The second-order valence-electron chi connectivity index (χ2n) is 13.9. The van der Waals surface area contributed by atoms with Crippen molar-refractivity contribution in [3.8, 4) is 16.9 Å². The van der Waals surface area contributed by atoms with E-state index in [1.54, 1.807) is 0 Å². The first kappa shape index (κ1) is 35.0. The van der Waals surface area contributed by atoms with Crippen LogP contribution in [0.25, 0.3) is 11.1 Å². The number of phenolic OH excluding ortho intramolecular Hbond substituents is 1. The van der Waals surface area contributed by atoms with Gasteiger partial charge in [-0.25, -0.2) is 5.43 Å². The number of likely N-dealkylation sites (N-methyl/N-ethyl adjacent to an activating group) is 1. The summed E-state index contributed by atoms with van der Waals surface area (Å²) in [7, 11) is 0. The van der Waals surface area contributed by atoms with Gasteiger partial charge >= 0.3 is 0 Å². The molecule has 7 heteroatoms. The average Bonchev–Trinajstić information content (AvgIpc) is 3.33. The maximum atomic E-state index is 11.1. The number of hydrazine groups is 1. The Morgan fingerprint density at radius 3 is 2.48 bits per heavy atom. The van der Waals surface area contributed by atoms with Gasteiger partial charge in [-0.15, -0.1) is 0 Å². The lowest BCUT2D eigenvalue weighted by Crippen LogP contribution is -2.37. The highest BCUT2D eigenvalue weighted by atomic mass is 16.5. The molecule has 0 radical (unpaired) electrons. The molecule has 3 N–H and O–H groups in total. The topological polar surface area (TPSA) is 90.9 Å². The summed E-state index contributed by atoms with van der Waals surface area (Å²) >= 11 is 0. The molecule has 1 aliphatic rings. The Morgan fingerprint density at radius 2 is 1.76 bits per heavy atom. The number of hydrogen-bond donors (Lipinski definition) is 3. The molecule has 0 aliphatic carbocycles. The fourth-order valence-corrected chi connectivity index (χ4v) is 7.35. The molecule has 1 amide bonds. The van der Waals surface area contributed by atoms with Crippen molar-refractivity contribution in [3.63, 3.8) is 0 Å². The quantitative estimate of drug-likeness (QED) is 0.0983. The maximum Gasteiger partial charge on any atom is 0.293 e. The normalized spacial score (nSPS) is 17.3. The fraction of sp³-hybridized carbons (Fsp3) is 0.487. The first-order valence-electron chi connectivity index (χ1n) is 16.9. The second kappa shape index (κ2) is 16.1. The highest BCUT2D eigenvalue weighted by Gasteiger charge is 2.42. The molecule has 4 rings (SSSR count). The van der Waals surface area contributed by atoms with Crippen molar-refractivity contribution in [2.24, 2.45) is 11.3 Å². The second-order valence-corrected chi connectivity index (χ2v) is 13.9. The molecule has 0 spiro atoms. The van der Waals surface area contributed by atoms with Crippen LogP contribution in [0.5, 0.6) is 5.75 Å². The van der Waals surface area contributed by atoms with Gasteiger partial charge in [0.05, 0.1) is 12.6 Å². The van der Waals surface area contributed by atoms with E-state index in [4.69, 9.17) is 4.74 Å². The molecule has 1 heterocycles. The smallest absolute Gasteiger partial charge is 0.293 e. The number of nitrogens with one attached hydrogen (secondary N) is 2. The van der Waals surface area contributed by atoms with E-state index >= 15 is 0 Å². The zero-order chi connectivity index (χ0) is 33.3. The van der Waals surface area contributed by atoms with Crippen molar-refractivity contribution in [1.82, 2.24) is 10.9 Å². The monoisotopic (exact) mass is 627 g/mol. The van der Waals surface area contributed by atoms with E-state index in [1.807, 2.05) is 12.1 Å². The molecule has 0 bridgehead atoms. The van der Waals surface area contributed by atoms with Crippen LogP contribution < -0.4 is 15.8 Å². The minimum atomic E-state index is -0.213. The van der Waals surface area contributed by atoms with Gasteiger partial charge in [-0.1, -0.05) is 76.9 Å². The minimum Gasteiger partial charge on any atom is -0.508 e. The summed E-state index contributed by atoms with van der Waals surface area (Å²) in [5.41, 5.74) is 13.8. The molecule has 3 aromatic carbocycles. The molecule has 0 aromatic heterocycles. The molecule has 46 heavy (non-hydrogen) atoms. The molecule has 1 aliphatic heterocycles. The average molecular weight is 628 g/mol. The first-order valence-corrected chi connectivity index (χ1v) is 16.9. The Bertz CT molecular complexity index is 1450. The SMILES string of the molecule is CCc1ccccc1C1C(CC(C)(C)COC=O)c2cc(-c3cc(O)cc(CC(C)CCC[C@@H](C)NNC=O)c3)ccc2N1CC. The molecule has 7 nitrogen and oxygen atoms in total. The van der Waals surface area contributed by atoms with E-state index in [-0.39, 0.29) is 29.2 Å². The number of ether oxygens (including phenoxy) is 1. The number of rotatable bonds is 18. The summed E-state index contributed by atoms with van der Waals surface area (Å²) in [4.78, 5) is 24.2. The molecular formula is C39H53N3O4. The molecule has 0 saturated heterocycles. The highest BCUT2D eigenvalue weighted by Crippen LogP contribution is 2.54. The predicted molar refractivity (Wildman–Crippen MR) is 187 cm³/mol. The van der Waals surface area contributed by atoms with E-state index in [1.165, 1.54) is 22.4 Å². The van der Waals surface area contributed by atoms with Crippen LogP contribution >= 0.6 is 0 Å². The highest BCUT2D eigenvalue weighted by molar-refractivity contribution is 5.74. The maximum absolute atomic E-state index is 11.1. The fourth-order valence-electron chi connectivity index (χ4n) is 7.35. The van der Waals surface area contributed by atoms with Gasteiger partial charge in [0.1, 0.15) is 5.75 Å². The van der Waals surface area contributed by atoms with Crippen LogP contribution in [-0.2, 0) is 27.2 Å². The Morgan fingerprint density at radius 1 is 0.978 bits per heavy atom. The lowest BCUT2D eigenvalue weighted by Gasteiger charge is -2.35. The van der Waals surface area contributed by atoms with Crippen LogP contribution in [0, 0.1) is 11.3 Å². The number of fused-ring (bicyclic) bond motifs is 1. The number of hydrogen-bond acceptors (Lipinski definition) is 6.